The van der Waals surface area contributed by atoms with Crippen LogP contribution in [0.4, 0.5) is 5.69 Å². The molecule has 0 atom stereocenters. The third-order valence-corrected chi connectivity index (χ3v) is 5.35. The van der Waals surface area contributed by atoms with Crippen LogP contribution >= 0.6 is 34.8 Å². The molecule has 0 unspecified atom stereocenters. The first-order chi connectivity index (χ1) is 15.9. The number of anilines is 1. The first-order valence-corrected chi connectivity index (χ1v) is 10.6. The van der Waals surface area contributed by atoms with Crippen molar-refractivity contribution in [1.29, 1.82) is 0 Å². The molecule has 0 heterocycles. The fourth-order valence-corrected chi connectivity index (χ4v) is 3.09. The number of hydrogen-bond donors (Lipinski definition) is 2. The Hall–Kier alpha value is -3.26. The van der Waals surface area contributed by atoms with E-state index in [0.717, 1.165) is 5.56 Å². The van der Waals surface area contributed by atoms with E-state index in [9.17, 15) is 9.59 Å². The number of ether oxygens (including phenoxy) is 2. The van der Waals surface area contributed by atoms with Gasteiger partial charge in [0, 0.05) is 5.02 Å². The van der Waals surface area contributed by atoms with E-state index in [1.54, 1.807) is 42.5 Å². The minimum atomic E-state index is -0.975. The van der Waals surface area contributed by atoms with E-state index in [1.807, 2.05) is 12.1 Å². The minimum absolute atomic E-state index is 0.134. The van der Waals surface area contributed by atoms with E-state index in [2.05, 4.69) is 15.8 Å². The Morgan fingerprint density at radius 3 is 2.45 bits per heavy atom. The number of hydrazone groups is 1. The normalized spacial score (nSPS) is 10.7. The summed E-state index contributed by atoms with van der Waals surface area (Å²) in [6.07, 6.45) is 1.36. The Bertz CT molecular complexity index is 1180. The van der Waals surface area contributed by atoms with Gasteiger partial charge in [-0.3, -0.25) is 9.59 Å². The SMILES string of the molecule is COc1cc(/C=N/NC(=O)C(=O)Nc2cccc(Cl)c2Cl)ccc1OCc1ccc(Cl)cc1. The van der Waals surface area contributed by atoms with E-state index in [4.69, 9.17) is 44.3 Å². The van der Waals surface area contributed by atoms with E-state index in [-0.39, 0.29) is 15.7 Å². The molecule has 33 heavy (non-hydrogen) atoms. The highest BCUT2D eigenvalue weighted by atomic mass is 35.5. The molecule has 0 aromatic heterocycles. The molecule has 0 saturated carbocycles. The summed E-state index contributed by atoms with van der Waals surface area (Å²) >= 11 is 17.8. The van der Waals surface area contributed by atoms with Gasteiger partial charge in [0.15, 0.2) is 11.5 Å². The van der Waals surface area contributed by atoms with Gasteiger partial charge in [0.25, 0.3) is 0 Å². The van der Waals surface area contributed by atoms with Gasteiger partial charge in [-0.1, -0.05) is 53.0 Å². The molecule has 0 fully saturated rings. The number of methoxy groups -OCH3 is 1. The second kappa shape index (κ2) is 11.6. The van der Waals surface area contributed by atoms with Gasteiger partial charge >= 0.3 is 11.8 Å². The van der Waals surface area contributed by atoms with Crippen molar-refractivity contribution in [3.8, 4) is 11.5 Å². The molecule has 3 rings (SSSR count). The first kappa shape index (κ1) is 24.4. The summed E-state index contributed by atoms with van der Waals surface area (Å²) in [4.78, 5) is 24.0. The van der Waals surface area contributed by atoms with Gasteiger partial charge in [-0.2, -0.15) is 5.10 Å². The van der Waals surface area contributed by atoms with E-state index < -0.39 is 11.8 Å². The lowest BCUT2D eigenvalue weighted by atomic mass is 10.2. The van der Waals surface area contributed by atoms with Crippen LogP contribution in [-0.4, -0.2) is 25.1 Å². The van der Waals surface area contributed by atoms with Crippen molar-refractivity contribution in [2.45, 2.75) is 6.61 Å². The molecular formula is C23H18Cl3N3O4. The van der Waals surface area contributed by atoms with Gasteiger partial charge in [0.1, 0.15) is 6.61 Å². The fraction of sp³-hybridized carbons (Fsp3) is 0.0870. The van der Waals surface area contributed by atoms with Crippen LogP contribution in [0.5, 0.6) is 11.5 Å². The molecule has 0 spiro atoms. The lowest BCUT2D eigenvalue weighted by Gasteiger charge is -2.11. The second-order valence-electron chi connectivity index (χ2n) is 6.58. The van der Waals surface area contributed by atoms with Crippen LogP contribution in [0.3, 0.4) is 0 Å². The number of nitrogens with zero attached hydrogens (tertiary/aromatic N) is 1. The van der Waals surface area contributed by atoms with Crippen molar-refractivity contribution in [2.75, 3.05) is 12.4 Å². The van der Waals surface area contributed by atoms with Crippen LogP contribution in [0.2, 0.25) is 15.1 Å². The van der Waals surface area contributed by atoms with Gasteiger partial charge in [-0.05, 0) is 53.6 Å². The Morgan fingerprint density at radius 2 is 1.73 bits per heavy atom. The molecule has 3 aromatic rings. The Balaban J connectivity index is 1.57. The average Bonchev–Trinajstić information content (AvgIpc) is 2.81. The highest BCUT2D eigenvalue weighted by molar-refractivity contribution is 6.45. The molecule has 0 aliphatic carbocycles. The van der Waals surface area contributed by atoms with E-state index >= 15 is 0 Å². The van der Waals surface area contributed by atoms with Gasteiger partial charge in [0.2, 0.25) is 0 Å². The van der Waals surface area contributed by atoms with Gasteiger partial charge in [-0.15, -0.1) is 0 Å². The van der Waals surface area contributed by atoms with E-state index in [1.165, 1.54) is 19.4 Å². The maximum Gasteiger partial charge on any atom is 0.329 e. The monoisotopic (exact) mass is 505 g/mol. The maximum atomic E-state index is 12.0. The summed E-state index contributed by atoms with van der Waals surface area (Å²) in [6, 6.07) is 17.1. The number of nitrogens with one attached hydrogen (secondary N) is 2. The van der Waals surface area contributed by atoms with Crippen LogP contribution in [0.25, 0.3) is 0 Å². The summed E-state index contributed by atoms with van der Waals surface area (Å²) in [5.74, 6) is -0.906. The third-order valence-electron chi connectivity index (χ3n) is 4.28. The molecule has 0 aliphatic rings. The van der Waals surface area contributed by atoms with Gasteiger partial charge in [0.05, 0.1) is 29.1 Å². The van der Waals surface area contributed by atoms with Crippen LogP contribution < -0.4 is 20.2 Å². The standard InChI is InChI=1S/C23H18Cl3N3O4/c1-32-20-11-15(7-10-19(20)33-13-14-5-8-16(24)9-6-14)12-27-29-23(31)22(30)28-18-4-2-3-17(25)21(18)26/h2-12H,13H2,1H3,(H,28,30)(H,29,31)/b27-12+. The van der Waals surface area contributed by atoms with Crippen molar-refractivity contribution in [3.63, 3.8) is 0 Å². The van der Waals surface area contributed by atoms with Crippen molar-refractivity contribution in [3.05, 3.63) is 86.9 Å². The maximum absolute atomic E-state index is 12.0. The molecule has 2 N–H and O–H groups in total. The van der Waals surface area contributed by atoms with Crippen molar-refractivity contribution in [2.24, 2.45) is 5.10 Å². The Labute approximate surface area is 205 Å². The Morgan fingerprint density at radius 1 is 0.970 bits per heavy atom. The summed E-state index contributed by atoms with van der Waals surface area (Å²) in [6.45, 7) is 0.336. The minimum Gasteiger partial charge on any atom is -0.493 e. The molecule has 2 amide bonds. The average molecular weight is 507 g/mol. The third kappa shape index (κ3) is 6.86. The molecule has 0 bridgehead atoms. The molecule has 10 heteroatoms. The van der Waals surface area contributed by atoms with Crippen molar-refractivity contribution < 1.29 is 19.1 Å². The fourth-order valence-electron chi connectivity index (χ4n) is 2.62. The summed E-state index contributed by atoms with van der Waals surface area (Å²) in [5.41, 5.74) is 3.93. The largest absolute Gasteiger partial charge is 0.493 e. The topological polar surface area (TPSA) is 89.0 Å². The summed E-state index contributed by atoms with van der Waals surface area (Å²) < 4.78 is 11.2. The van der Waals surface area contributed by atoms with Gasteiger partial charge < -0.3 is 14.8 Å². The van der Waals surface area contributed by atoms with E-state index in [0.29, 0.717) is 28.7 Å². The quantitative estimate of drug-likeness (QED) is 0.258. The molecule has 3 aromatic carbocycles. The number of carbonyl (C=O) groups is 2. The number of halogens is 3. The zero-order valence-corrected chi connectivity index (χ0v) is 19.5. The molecule has 0 saturated heterocycles. The lowest BCUT2D eigenvalue weighted by Crippen LogP contribution is -2.32. The second-order valence-corrected chi connectivity index (χ2v) is 7.80. The van der Waals surface area contributed by atoms with Gasteiger partial charge in [-0.25, -0.2) is 5.43 Å². The summed E-state index contributed by atoms with van der Waals surface area (Å²) in [7, 11) is 1.51. The highest BCUT2D eigenvalue weighted by Crippen LogP contribution is 2.30. The number of rotatable bonds is 7. The number of benzene rings is 3. The Kier molecular flexibility index (Phi) is 8.54. The molecule has 7 nitrogen and oxygen atoms in total. The van der Waals surface area contributed by atoms with Crippen LogP contribution in [0.1, 0.15) is 11.1 Å². The predicted octanol–water partition coefficient (Wildman–Crippen LogP) is 5.32. The zero-order valence-electron chi connectivity index (χ0n) is 17.3. The molecule has 0 aliphatic heterocycles. The number of amides is 2. The number of carbonyl (C=O) groups excluding carboxylic acids is 2. The van der Waals surface area contributed by atoms with Crippen molar-refractivity contribution >= 4 is 58.5 Å². The lowest BCUT2D eigenvalue weighted by molar-refractivity contribution is -0.136. The molecule has 170 valence electrons. The van der Waals surface area contributed by atoms with Crippen LogP contribution in [0.15, 0.2) is 65.8 Å². The predicted molar refractivity (Wildman–Crippen MR) is 130 cm³/mol. The van der Waals surface area contributed by atoms with Crippen LogP contribution in [-0.2, 0) is 16.2 Å². The molecular weight excluding hydrogens is 489 g/mol. The summed E-state index contributed by atoms with van der Waals surface area (Å²) in [5, 5.41) is 7.21. The highest BCUT2D eigenvalue weighted by Gasteiger charge is 2.15. The number of hydrogen-bond acceptors (Lipinski definition) is 5. The van der Waals surface area contributed by atoms with Crippen molar-refractivity contribution in [1.82, 2.24) is 5.43 Å². The first-order valence-electron chi connectivity index (χ1n) is 9.51. The van der Waals surface area contributed by atoms with Crippen LogP contribution in [0, 0.1) is 0 Å². The zero-order chi connectivity index (χ0) is 23.8. The molecule has 0 radical (unpaired) electrons. The smallest absolute Gasteiger partial charge is 0.329 e.